The number of carboxylic acid groups (broad SMARTS) is 2. The van der Waals surface area contributed by atoms with E-state index >= 15 is 0 Å². The molecule has 0 spiro atoms. The number of aliphatic carboxylic acids is 2. The monoisotopic (exact) mass is 577 g/mol. The Morgan fingerprint density at radius 3 is 1.93 bits per heavy atom. The van der Waals surface area contributed by atoms with Crippen LogP contribution < -0.4 is 5.56 Å². The molecule has 1 aliphatic rings. The molecule has 3 aromatic heterocycles. The van der Waals surface area contributed by atoms with Gasteiger partial charge in [0.05, 0.1) is 12.7 Å². The minimum absolute atomic E-state index is 0.0706. The molecule has 0 unspecified atom stereocenters. The third kappa shape index (κ3) is 10.2. The van der Waals surface area contributed by atoms with Gasteiger partial charge >= 0.3 is 24.3 Å². The normalized spacial score (nSPS) is 13.6. The molecule has 4 rings (SSSR count). The number of rotatable bonds is 4. The van der Waals surface area contributed by atoms with Crippen LogP contribution in [0.15, 0.2) is 53.8 Å². The quantitative estimate of drug-likeness (QED) is 0.453. The van der Waals surface area contributed by atoms with Gasteiger partial charge in [-0.15, -0.1) is 0 Å². The molecule has 1 aliphatic heterocycles. The van der Waals surface area contributed by atoms with Crippen LogP contribution in [0, 0.1) is 0 Å². The van der Waals surface area contributed by atoms with E-state index in [2.05, 4.69) is 21.2 Å². The van der Waals surface area contributed by atoms with E-state index in [1.54, 1.807) is 18.5 Å². The molecule has 0 amide bonds. The van der Waals surface area contributed by atoms with Crippen LogP contribution in [-0.4, -0.2) is 71.8 Å². The third-order valence-corrected chi connectivity index (χ3v) is 5.49. The van der Waals surface area contributed by atoms with Crippen molar-refractivity contribution in [2.75, 3.05) is 13.1 Å². The Morgan fingerprint density at radius 2 is 1.43 bits per heavy atom. The fraction of sp³-hybridized carbons (Fsp3) is 0.375. The Kier molecular flexibility index (Phi) is 11.0. The lowest BCUT2D eigenvalue weighted by Gasteiger charge is -2.18. The Labute approximate surface area is 223 Å². The number of nitrogens with zero attached hydrogens (tertiary/aromatic N) is 5. The number of aromatic nitrogens is 4. The zero-order valence-corrected chi connectivity index (χ0v) is 21.0. The maximum Gasteiger partial charge on any atom is 0.490 e. The SMILES string of the molecule is Cn1cc(CN2CCc3ccc(=O)n(Cc4ccncc4)c3CC2)cn1.O=C(O)C(F)(F)F.O=C(O)C(F)(F)F. The van der Waals surface area contributed by atoms with Crippen molar-refractivity contribution < 1.29 is 46.1 Å². The van der Waals surface area contributed by atoms with Crippen molar-refractivity contribution in [1.82, 2.24) is 24.2 Å². The largest absolute Gasteiger partial charge is 0.490 e. The molecular formula is C24H25F6N5O5. The molecule has 0 aliphatic carbocycles. The molecule has 0 fully saturated rings. The highest BCUT2D eigenvalue weighted by atomic mass is 19.4. The summed E-state index contributed by atoms with van der Waals surface area (Å²) in [6, 6.07) is 7.65. The second kappa shape index (κ2) is 13.7. The van der Waals surface area contributed by atoms with Crippen LogP contribution in [-0.2, 0) is 42.6 Å². The molecule has 0 radical (unpaired) electrons. The van der Waals surface area contributed by atoms with Crippen molar-refractivity contribution in [3.63, 3.8) is 0 Å². The maximum atomic E-state index is 12.5. The van der Waals surface area contributed by atoms with Crippen molar-refractivity contribution in [2.45, 2.75) is 38.3 Å². The van der Waals surface area contributed by atoms with Gasteiger partial charge in [-0.2, -0.15) is 31.4 Å². The number of hydrogen-bond donors (Lipinski definition) is 2. The second-order valence-corrected chi connectivity index (χ2v) is 8.49. The van der Waals surface area contributed by atoms with Gasteiger partial charge < -0.3 is 14.8 Å². The van der Waals surface area contributed by atoms with E-state index < -0.39 is 24.3 Å². The summed E-state index contributed by atoms with van der Waals surface area (Å²) >= 11 is 0. The van der Waals surface area contributed by atoms with Gasteiger partial charge in [-0.3, -0.25) is 19.4 Å². The molecule has 16 heteroatoms. The summed E-state index contributed by atoms with van der Waals surface area (Å²) in [5.41, 5.74) is 4.86. The van der Waals surface area contributed by atoms with Gasteiger partial charge in [-0.05, 0) is 29.7 Å². The summed E-state index contributed by atoms with van der Waals surface area (Å²) in [6.07, 6.45) is -0.771. The van der Waals surface area contributed by atoms with Gasteiger partial charge in [-0.25, -0.2) is 9.59 Å². The van der Waals surface area contributed by atoms with Crippen molar-refractivity contribution in [3.05, 3.63) is 81.8 Å². The number of aryl methyl sites for hydroxylation is 1. The first-order valence-electron chi connectivity index (χ1n) is 11.5. The van der Waals surface area contributed by atoms with Gasteiger partial charge in [0.15, 0.2) is 0 Å². The van der Waals surface area contributed by atoms with Gasteiger partial charge in [-0.1, -0.05) is 6.07 Å². The zero-order chi connectivity index (χ0) is 30.1. The lowest BCUT2D eigenvalue weighted by atomic mass is 10.1. The molecule has 218 valence electrons. The second-order valence-electron chi connectivity index (χ2n) is 8.49. The maximum absolute atomic E-state index is 12.5. The predicted octanol–water partition coefficient (Wildman–Crippen LogP) is 2.89. The molecule has 0 bridgehead atoms. The molecule has 3 aromatic rings. The molecule has 4 heterocycles. The summed E-state index contributed by atoms with van der Waals surface area (Å²) in [5, 5.41) is 18.5. The minimum Gasteiger partial charge on any atom is -0.475 e. The Hall–Kier alpha value is -4.21. The van der Waals surface area contributed by atoms with E-state index in [1.807, 2.05) is 40.7 Å². The topological polar surface area (TPSA) is 131 Å². The number of alkyl halides is 6. The van der Waals surface area contributed by atoms with Crippen molar-refractivity contribution in [2.24, 2.45) is 7.05 Å². The van der Waals surface area contributed by atoms with Crippen LogP contribution in [0.25, 0.3) is 0 Å². The summed E-state index contributed by atoms with van der Waals surface area (Å²) in [7, 11) is 1.94. The Bertz CT molecular complexity index is 1310. The first kappa shape index (κ1) is 32.0. The van der Waals surface area contributed by atoms with Crippen LogP contribution in [0.4, 0.5) is 26.3 Å². The fourth-order valence-corrected chi connectivity index (χ4v) is 3.66. The average Bonchev–Trinajstić information content (AvgIpc) is 3.16. The molecule has 0 aromatic carbocycles. The molecule has 0 saturated carbocycles. The van der Waals surface area contributed by atoms with Crippen LogP contribution in [0.3, 0.4) is 0 Å². The van der Waals surface area contributed by atoms with Crippen LogP contribution in [0.2, 0.25) is 0 Å². The Balaban J connectivity index is 0.000000333. The lowest BCUT2D eigenvalue weighted by molar-refractivity contribution is -0.193. The molecule has 0 atom stereocenters. The lowest BCUT2D eigenvalue weighted by Crippen LogP contribution is -2.27. The first-order chi connectivity index (χ1) is 18.6. The highest BCUT2D eigenvalue weighted by Crippen LogP contribution is 2.17. The van der Waals surface area contributed by atoms with Crippen LogP contribution in [0.1, 0.15) is 22.4 Å². The molecule has 40 heavy (non-hydrogen) atoms. The summed E-state index contributed by atoms with van der Waals surface area (Å²) < 4.78 is 67.2. The van der Waals surface area contributed by atoms with Crippen LogP contribution in [0.5, 0.6) is 0 Å². The predicted molar refractivity (Wildman–Crippen MR) is 127 cm³/mol. The third-order valence-electron chi connectivity index (χ3n) is 5.49. The molecular weight excluding hydrogens is 552 g/mol. The zero-order valence-electron chi connectivity index (χ0n) is 21.0. The number of fused-ring (bicyclic) bond motifs is 1. The van der Waals surface area contributed by atoms with Gasteiger partial charge in [0, 0.05) is 69.0 Å². The van der Waals surface area contributed by atoms with E-state index in [1.165, 1.54) is 16.8 Å². The van der Waals surface area contributed by atoms with Gasteiger partial charge in [0.1, 0.15) is 0 Å². The van der Waals surface area contributed by atoms with E-state index in [4.69, 9.17) is 19.8 Å². The standard InChI is InChI=1S/C20H23N5O.2C2HF3O2/c1-23-13-17(12-22-23)14-24-10-6-18-2-3-20(26)25(19(18)7-11-24)15-16-4-8-21-9-5-16;2*3-2(4,5)1(6)7/h2-5,8-9,12-13H,6-7,10-11,14-15H2,1H3;2*(H,6,7). The number of halogens is 6. The van der Waals surface area contributed by atoms with E-state index in [-0.39, 0.29) is 5.56 Å². The minimum atomic E-state index is -5.08. The molecule has 2 N–H and O–H groups in total. The number of hydrogen-bond acceptors (Lipinski definition) is 6. The van der Waals surface area contributed by atoms with Crippen LogP contribution >= 0.6 is 0 Å². The summed E-state index contributed by atoms with van der Waals surface area (Å²) in [5.74, 6) is -5.51. The van der Waals surface area contributed by atoms with Gasteiger partial charge in [0.25, 0.3) is 5.56 Å². The average molecular weight is 577 g/mol. The Morgan fingerprint density at radius 1 is 0.875 bits per heavy atom. The summed E-state index contributed by atoms with van der Waals surface area (Å²) in [4.78, 5) is 36.8. The van der Waals surface area contributed by atoms with Crippen molar-refractivity contribution >= 4 is 11.9 Å². The fourth-order valence-electron chi connectivity index (χ4n) is 3.66. The van der Waals surface area contributed by atoms with E-state index in [9.17, 15) is 31.1 Å². The highest BCUT2D eigenvalue weighted by Gasteiger charge is 2.38. The summed E-state index contributed by atoms with van der Waals surface area (Å²) in [6.45, 7) is 3.45. The molecule has 10 nitrogen and oxygen atoms in total. The number of pyridine rings is 2. The molecule has 0 saturated heterocycles. The number of carbonyl (C=O) groups is 2. The smallest absolute Gasteiger partial charge is 0.475 e. The van der Waals surface area contributed by atoms with E-state index in [0.717, 1.165) is 38.0 Å². The van der Waals surface area contributed by atoms with Crippen molar-refractivity contribution in [1.29, 1.82) is 0 Å². The number of carboxylic acids is 2. The van der Waals surface area contributed by atoms with Crippen molar-refractivity contribution in [3.8, 4) is 0 Å². The first-order valence-corrected chi connectivity index (χ1v) is 11.5. The van der Waals surface area contributed by atoms with Gasteiger partial charge in [0.2, 0.25) is 0 Å². The highest BCUT2D eigenvalue weighted by molar-refractivity contribution is 5.73. The van der Waals surface area contributed by atoms with E-state index in [0.29, 0.717) is 6.54 Å².